The molecule has 2 aliphatic carbocycles. The molecule has 2 bridgehead atoms. The summed E-state index contributed by atoms with van der Waals surface area (Å²) in [7, 11) is 0. The van der Waals surface area contributed by atoms with Gasteiger partial charge in [0.15, 0.2) is 0 Å². The lowest BCUT2D eigenvalue weighted by atomic mass is 9.93. The van der Waals surface area contributed by atoms with Gasteiger partial charge in [-0.05, 0) is 68.7 Å². The predicted octanol–water partition coefficient (Wildman–Crippen LogP) is 3.97. The number of nitrogens with zero attached hydrogens (tertiary/aromatic N) is 2. The van der Waals surface area contributed by atoms with Crippen molar-refractivity contribution in [2.75, 3.05) is 38.0 Å². The van der Waals surface area contributed by atoms with Crippen LogP contribution < -0.4 is 5.32 Å². The number of fused-ring (bicyclic) bond motifs is 2. The Hall–Kier alpha value is -1.88. The summed E-state index contributed by atoms with van der Waals surface area (Å²) in [5.74, 6) is 1.45. The van der Waals surface area contributed by atoms with E-state index in [2.05, 4.69) is 22.4 Å². The number of benzene rings is 1. The molecule has 1 aliphatic heterocycles. The zero-order valence-electron chi connectivity index (χ0n) is 15.2. The number of anilines is 1. The highest BCUT2D eigenvalue weighted by Crippen LogP contribution is 2.43. The molecule has 1 saturated carbocycles. The van der Waals surface area contributed by atoms with Crippen LogP contribution in [0.25, 0.3) is 0 Å². The topological polar surface area (TPSA) is 35.6 Å². The monoisotopic (exact) mass is 357 g/mol. The van der Waals surface area contributed by atoms with E-state index in [1.54, 1.807) is 18.2 Å². The lowest BCUT2D eigenvalue weighted by Gasteiger charge is -2.30. The maximum Gasteiger partial charge on any atom is 0.321 e. The molecule has 4 rings (SSSR count). The first kappa shape index (κ1) is 17.5. The van der Waals surface area contributed by atoms with Crippen molar-refractivity contribution in [3.05, 3.63) is 42.2 Å². The van der Waals surface area contributed by atoms with Crippen LogP contribution in [0.2, 0.25) is 0 Å². The van der Waals surface area contributed by atoms with Gasteiger partial charge in [-0.25, -0.2) is 9.18 Å². The average molecular weight is 357 g/mol. The number of carbonyl (C=O) groups excluding carboxylic acids is 1. The molecular formula is C21H28FN3O. The van der Waals surface area contributed by atoms with Crippen molar-refractivity contribution in [3.63, 3.8) is 0 Å². The fourth-order valence-electron chi connectivity index (χ4n) is 4.69. The maximum absolute atomic E-state index is 13.9. The number of halogens is 1. The lowest BCUT2D eigenvalue weighted by molar-refractivity contribution is 0.184. The molecule has 0 radical (unpaired) electrons. The minimum atomic E-state index is -0.386. The Balaban J connectivity index is 1.41. The molecule has 3 unspecified atom stereocenters. The number of likely N-dealkylation sites (tertiary alicyclic amines) is 1. The summed E-state index contributed by atoms with van der Waals surface area (Å²) < 4.78 is 13.9. The van der Waals surface area contributed by atoms with Crippen LogP contribution in [0.15, 0.2) is 36.4 Å². The largest absolute Gasteiger partial charge is 0.323 e. The molecule has 140 valence electrons. The molecule has 1 heterocycles. The Bertz CT molecular complexity index is 671. The number of amides is 2. The molecule has 0 spiro atoms. The summed E-state index contributed by atoms with van der Waals surface area (Å²) >= 11 is 0. The normalized spacial score (nSPS) is 27.2. The molecule has 2 fully saturated rings. The highest BCUT2D eigenvalue weighted by molar-refractivity contribution is 5.89. The molecule has 3 atom stereocenters. The molecular weight excluding hydrogens is 329 g/mol. The van der Waals surface area contributed by atoms with Gasteiger partial charge in [0.05, 0.1) is 5.69 Å². The van der Waals surface area contributed by atoms with E-state index in [9.17, 15) is 9.18 Å². The van der Waals surface area contributed by atoms with E-state index in [1.807, 2.05) is 4.90 Å². The second-order valence-electron chi connectivity index (χ2n) is 7.95. The summed E-state index contributed by atoms with van der Waals surface area (Å²) in [4.78, 5) is 17.2. The molecule has 2 amide bonds. The van der Waals surface area contributed by atoms with Crippen LogP contribution in [0.4, 0.5) is 14.9 Å². The Kier molecular flexibility index (Phi) is 5.25. The van der Waals surface area contributed by atoms with Crippen LogP contribution in [0.5, 0.6) is 0 Å². The van der Waals surface area contributed by atoms with Crippen LogP contribution in [-0.2, 0) is 0 Å². The number of hydrogen-bond acceptors (Lipinski definition) is 2. The summed E-state index contributed by atoms with van der Waals surface area (Å²) in [5, 5.41) is 2.78. The molecule has 0 aromatic heterocycles. The van der Waals surface area contributed by atoms with Crippen molar-refractivity contribution in [3.8, 4) is 0 Å². The quantitative estimate of drug-likeness (QED) is 0.782. The number of nitrogens with one attached hydrogen (secondary N) is 1. The van der Waals surface area contributed by atoms with Crippen LogP contribution in [-0.4, -0.2) is 48.6 Å². The molecule has 1 aromatic carbocycles. The minimum absolute atomic E-state index is 0.180. The first-order valence-electron chi connectivity index (χ1n) is 9.90. The van der Waals surface area contributed by atoms with E-state index in [0.717, 1.165) is 26.2 Å². The number of urea groups is 1. The number of hydrogen-bond donors (Lipinski definition) is 1. The number of rotatable bonds is 6. The van der Waals surface area contributed by atoms with Crippen LogP contribution in [0.3, 0.4) is 0 Å². The fourth-order valence-corrected chi connectivity index (χ4v) is 4.69. The van der Waals surface area contributed by atoms with Crippen LogP contribution in [0.1, 0.15) is 25.7 Å². The molecule has 5 heteroatoms. The highest BCUT2D eigenvalue weighted by atomic mass is 19.1. The van der Waals surface area contributed by atoms with E-state index < -0.39 is 0 Å². The standard InChI is InChI=1S/C21H28FN3O/c22-19-5-1-2-6-20(19)23-21(26)25(12-11-24-9-3-4-10-24)15-18-14-16-7-8-17(18)13-16/h1-2,5-8,16-18H,3-4,9-15H2,(H,23,26). The molecule has 1 N–H and O–H groups in total. The van der Waals surface area contributed by atoms with Crippen molar-refractivity contribution in [2.45, 2.75) is 25.7 Å². The van der Waals surface area contributed by atoms with E-state index >= 15 is 0 Å². The van der Waals surface area contributed by atoms with Gasteiger partial charge in [0.2, 0.25) is 0 Å². The average Bonchev–Trinajstić information content (AvgIpc) is 3.38. The fraction of sp³-hybridized carbons (Fsp3) is 0.571. The molecule has 4 nitrogen and oxygen atoms in total. The predicted molar refractivity (Wildman–Crippen MR) is 102 cm³/mol. The Morgan fingerprint density at radius 2 is 2.00 bits per heavy atom. The van der Waals surface area contributed by atoms with Crippen molar-refractivity contribution in [2.24, 2.45) is 17.8 Å². The summed E-state index contributed by atoms with van der Waals surface area (Å²) in [6, 6.07) is 6.20. The second-order valence-corrected chi connectivity index (χ2v) is 7.95. The third-order valence-electron chi connectivity index (χ3n) is 6.16. The van der Waals surface area contributed by atoms with Crippen LogP contribution in [0, 0.1) is 23.6 Å². The van der Waals surface area contributed by atoms with Gasteiger partial charge in [-0.3, -0.25) is 0 Å². The summed E-state index contributed by atoms with van der Waals surface area (Å²) in [6.45, 7) is 4.62. The van der Waals surface area contributed by atoms with Crippen molar-refractivity contribution < 1.29 is 9.18 Å². The van der Waals surface area contributed by atoms with Gasteiger partial charge in [0.1, 0.15) is 5.82 Å². The van der Waals surface area contributed by atoms with Crippen molar-refractivity contribution in [1.82, 2.24) is 9.80 Å². The van der Waals surface area contributed by atoms with Gasteiger partial charge >= 0.3 is 6.03 Å². The van der Waals surface area contributed by atoms with Gasteiger partial charge in [-0.1, -0.05) is 24.3 Å². The number of allylic oxidation sites excluding steroid dienone is 2. The van der Waals surface area contributed by atoms with Gasteiger partial charge < -0.3 is 15.1 Å². The number of para-hydroxylation sites is 1. The van der Waals surface area contributed by atoms with E-state index in [0.29, 0.717) is 24.3 Å². The van der Waals surface area contributed by atoms with Gasteiger partial charge in [0.25, 0.3) is 0 Å². The van der Waals surface area contributed by atoms with E-state index in [4.69, 9.17) is 0 Å². The van der Waals surface area contributed by atoms with Gasteiger partial charge in [-0.2, -0.15) is 0 Å². The lowest BCUT2D eigenvalue weighted by Crippen LogP contribution is -2.43. The third kappa shape index (κ3) is 3.93. The summed E-state index contributed by atoms with van der Waals surface area (Å²) in [6.07, 6.45) is 9.56. The summed E-state index contributed by atoms with van der Waals surface area (Å²) in [5.41, 5.74) is 0.261. The van der Waals surface area contributed by atoms with Gasteiger partial charge in [-0.15, -0.1) is 0 Å². The van der Waals surface area contributed by atoms with E-state index in [1.165, 1.54) is 31.7 Å². The SMILES string of the molecule is O=C(Nc1ccccc1F)N(CCN1CCCC1)CC1CC2C=CC1C2. The Morgan fingerprint density at radius 3 is 2.69 bits per heavy atom. The highest BCUT2D eigenvalue weighted by Gasteiger charge is 2.37. The first-order chi connectivity index (χ1) is 12.7. The Morgan fingerprint density at radius 1 is 1.19 bits per heavy atom. The zero-order valence-corrected chi connectivity index (χ0v) is 15.2. The molecule has 1 saturated heterocycles. The Labute approximate surface area is 155 Å². The number of carbonyl (C=O) groups is 1. The second kappa shape index (κ2) is 7.78. The van der Waals surface area contributed by atoms with E-state index in [-0.39, 0.29) is 17.5 Å². The zero-order chi connectivity index (χ0) is 17.9. The van der Waals surface area contributed by atoms with Crippen LogP contribution >= 0.6 is 0 Å². The van der Waals surface area contributed by atoms with Crippen molar-refractivity contribution in [1.29, 1.82) is 0 Å². The molecule has 1 aromatic rings. The molecule has 26 heavy (non-hydrogen) atoms. The smallest absolute Gasteiger partial charge is 0.321 e. The first-order valence-corrected chi connectivity index (χ1v) is 9.90. The third-order valence-corrected chi connectivity index (χ3v) is 6.16. The van der Waals surface area contributed by atoms with Crippen molar-refractivity contribution >= 4 is 11.7 Å². The maximum atomic E-state index is 13.9. The van der Waals surface area contributed by atoms with Gasteiger partial charge in [0, 0.05) is 19.6 Å². The minimum Gasteiger partial charge on any atom is -0.323 e. The molecule has 3 aliphatic rings.